The molecule has 3 nitrogen and oxygen atoms in total. The van der Waals surface area contributed by atoms with Gasteiger partial charge >= 0.3 is 0 Å². The molecule has 20 heavy (non-hydrogen) atoms. The van der Waals surface area contributed by atoms with Crippen LogP contribution in [0.1, 0.15) is 37.6 Å². The van der Waals surface area contributed by atoms with Gasteiger partial charge in [0.2, 0.25) is 0 Å². The van der Waals surface area contributed by atoms with Crippen LogP contribution in [-0.4, -0.2) is 10.1 Å². The number of rotatable bonds is 6. The summed E-state index contributed by atoms with van der Waals surface area (Å²) in [7, 11) is 0. The Morgan fingerprint density at radius 2 is 1.85 bits per heavy atom. The summed E-state index contributed by atoms with van der Waals surface area (Å²) in [5.41, 5.74) is 2.24. The van der Waals surface area contributed by atoms with Gasteiger partial charge in [0.15, 0.2) is 0 Å². The Hall–Kier alpha value is -1.87. The lowest BCUT2D eigenvalue weighted by Gasteiger charge is -2.21. The van der Waals surface area contributed by atoms with E-state index in [1.807, 2.05) is 12.1 Å². The lowest BCUT2D eigenvalue weighted by atomic mass is 9.97. The van der Waals surface area contributed by atoms with Gasteiger partial charge in [0.05, 0.1) is 11.9 Å². The molecule has 0 amide bonds. The molecule has 0 spiro atoms. The van der Waals surface area contributed by atoms with Crippen LogP contribution in [0.15, 0.2) is 48.7 Å². The molecular weight excluding hydrogens is 248 g/mol. The minimum absolute atomic E-state index is 0.204. The Morgan fingerprint density at radius 3 is 2.45 bits per heavy atom. The smallest absolute Gasteiger partial charge is 0.133 e. The van der Waals surface area contributed by atoms with Gasteiger partial charge in [0.1, 0.15) is 5.75 Å². The lowest BCUT2D eigenvalue weighted by Crippen LogP contribution is -2.22. The van der Waals surface area contributed by atoms with Gasteiger partial charge < -0.3 is 10.4 Å². The molecule has 3 heteroatoms. The van der Waals surface area contributed by atoms with Crippen molar-refractivity contribution in [2.45, 2.75) is 32.9 Å². The number of aromatic nitrogens is 1. The van der Waals surface area contributed by atoms with Gasteiger partial charge in [-0.05, 0) is 30.0 Å². The van der Waals surface area contributed by atoms with Crippen molar-refractivity contribution in [2.24, 2.45) is 5.92 Å². The minimum Gasteiger partial charge on any atom is -0.506 e. The second kappa shape index (κ2) is 7.06. The van der Waals surface area contributed by atoms with Crippen molar-refractivity contribution >= 4 is 0 Å². The first-order valence-electron chi connectivity index (χ1n) is 7.07. The molecule has 1 atom stereocenters. The molecule has 0 saturated carbocycles. The Balaban J connectivity index is 2.03. The number of hydrogen-bond donors (Lipinski definition) is 2. The molecular formula is C17H22N2O. The normalized spacial score (nSPS) is 12.6. The molecule has 1 aromatic carbocycles. The zero-order valence-corrected chi connectivity index (χ0v) is 12.1. The van der Waals surface area contributed by atoms with Gasteiger partial charge in [-0.15, -0.1) is 0 Å². The fourth-order valence-electron chi connectivity index (χ4n) is 2.24. The zero-order chi connectivity index (χ0) is 14.4. The third kappa shape index (κ3) is 4.35. The Kier molecular flexibility index (Phi) is 5.13. The summed E-state index contributed by atoms with van der Waals surface area (Å²) in [5.74, 6) is 0.830. The third-order valence-corrected chi connectivity index (χ3v) is 3.25. The van der Waals surface area contributed by atoms with Crippen LogP contribution in [0.4, 0.5) is 0 Å². The van der Waals surface area contributed by atoms with Crippen molar-refractivity contribution in [3.05, 3.63) is 59.9 Å². The van der Waals surface area contributed by atoms with Crippen LogP contribution in [0.25, 0.3) is 0 Å². The SMILES string of the molecule is CC(C)CC(NCc1ccc(O)cn1)c1ccccc1. The second-order valence-electron chi connectivity index (χ2n) is 5.48. The van der Waals surface area contributed by atoms with E-state index in [-0.39, 0.29) is 5.75 Å². The van der Waals surface area contributed by atoms with E-state index in [9.17, 15) is 5.11 Å². The molecule has 0 aliphatic heterocycles. The largest absolute Gasteiger partial charge is 0.506 e. The number of hydrogen-bond acceptors (Lipinski definition) is 3. The molecule has 2 rings (SSSR count). The molecule has 0 fully saturated rings. The summed E-state index contributed by atoms with van der Waals surface area (Å²) in [6, 6.07) is 14.3. The van der Waals surface area contributed by atoms with E-state index >= 15 is 0 Å². The van der Waals surface area contributed by atoms with Gasteiger partial charge in [0, 0.05) is 12.6 Å². The minimum atomic E-state index is 0.204. The molecule has 2 aromatic rings. The van der Waals surface area contributed by atoms with Crippen molar-refractivity contribution in [2.75, 3.05) is 0 Å². The van der Waals surface area contributed by atoms with Crippen LogP contribution >= 0.6 is 0 Å². The predicted octanol–water partition coefficient (Wildman–Crippen LogP) is 3.66. The number of nitrogens with zero attached hydrogens (tertiary/aromatic N) is 1. The number of benzene rings is 1. The highest BCUT2D eigenvalue weighted by Crippen LogP contribution is 2.21. The monoisotopic (exact) mass is 270 g/mol. The lowest BCUT2D eigenvalue weighted by molar-refractivity contribution is 0.426. The molecule has 1 unspecified atom stereocenters. The zero-order valence-electron chi connectivity index (χ0n) is 12.1. The maximum atomic E-state index is 9.25. The summed E-state index contributed by atoms with van der Waals surface area (Å²) in [6.07, 6.45) is 2.57. The summed E-state index contributed by atoms with van der Waals surface area (Å²) >= 11 is 0. The highest BCUT2D eigenvalue weighted by Gasteiger charge is 2.12. The maximum absolute atomic E-state index is 9.25. The van der Waals surface area contributed by atoms with E-state index in [1.54, 1.807) is 6.07 Å². The van der Waals surface area contributed by atoms with Crippen LogP contribution in [0.2, 0.25) is 0 Å². The predicted molar refractivity (Wildman–Crippen MR) is 81.4 cm³/mol. The van der Waals surface area contributed by atoms with Crippen molar-refractivity contribution in [1.29, 1.82) is 0 Å². The van der Waals surface area contributed by atoms with Crippen LogP contribution in [-0.2, 0) is 6.54 Å². The summed E-state index contributed by atoms with van der Waals surface area (Å²) in [5, 5.41) is 12.8. The molecule has 1 heterocycles. The van der Waals surface area contributed by atoms with E-state index < -0.39 is 0 Å². The molecule has 106 valence electrons. The van der Waals surface area contributed by atoms with E-state index in [0.717, 1.165) is 12.1 Å². The van der Waals surface area contributed by atoms with E-state index in [0.29, 0.717) is 18.5 Å². The molecule has 0 aliphatic carbocycles. The Labute approximate surface area is 120 Å². The van der Waals surface area contributed by atoms with E-state index in [4.69, 9.17) is 0 Å². The summed E-state index contributed by atoms with van der Waals surface area (Å²) < 4.78 is 0. The van der Waals surface area contributed by atoms with Crippen molar-refractivity contribution in [3.8, 4) is 5.75 Å². The van der Waals surface area contributed by atoms with Gasteiger partial charge in [0.25, 0.3) is 0 Å². The fraction of sp³-hybridized carbons (Fsp3) is 0.353. The van der Waals surface area contributed by atoms with Crippen molar-refractivity contribution in [1.82, 2.24) is 10.3 Å². The quantitative estimate of drug-likeness (QED) is 0.842. The number of pyridine rings is 1. The van der Waals surface area contributed by atoms with E-state index in [1.165, 1.54) is 11.8 Å². The first kappa shape index (κ1) is 14.5. The summed E-state index contributed by atoms with van der Waals surface area (Å²) in [6.45, 7) is 5.17. The molecule has 0 aliphatic rings. The summed E-state index contributed by atoms with van der Waals surface area (Å²) in [4.78, 5) is 4.21. The van der Waals surface area contributed by atoms with Gasteiger partial charge in [-0.1, -0.05) is 44.2 Å². The average molecular weight is 270 g/mol. The van der Waals surface area contributed by atoms with Gasteiger partial charge in [-0.25, -0.2) is 0 Å². The highest BCUT2D eigenvalue weighted by atomic mass is 16.3. The standard InChI is InChI=1S/C17H22N2O/c1-13(2)10-17(14-6-4-3-5-7-14)19-11-15-8-9-16(20)12-18-15/h3-9,12-13,17,19-20H,10-11H2,1-2H3. The van der Waals surface area contributed by atoms with Crippen LogP contribution < -0.4 is 5.32 Å². The molecule has 0 saturated heterocycles. The molecule has 0 radical (unpaired) electrons. The Morgan fingerprint density at radius 1 is 1.10 bits per heavy atom. The average Bonchev–Trinajstić information content (AvgIpc) is 2.46. The Bertz CT molecular complexity index is 508. The first-order chi connectivity index (χ1) is 9.65. The highest BCUT2D eigenvalue weighted by molar-refractivity contribution is 5.20. The van der Waals surface area contributed by atoms with Crippen LogP contribution in [0, 0.1) is 5.92 Å². The third-order valence-electron chi connectivity index (χ3n) is 3.25. The fourth-order valence-corrected chi connectivity index (χ4v) is 2.24. The maximum Gasteiger partial charge on any atom is 0.133 e. The van der Waals surface area contributed by atoms with Crippen LogP contribution in [0.5, 0.6) is 5.75 Å². The van der Waals surface area contributed by atoms with Crippen LogP contribution in [0.3, 0.4) is 0 Å². The van der Waals surface area contributed by atoms with E-state index in [2.05, 4.69) is 48.4 Å². The molecule has 2 N–H and O–H groups in total. The topological polar surface area (TPSA) is 45.1 Å². The van der Waals surface area contributed by atoms with Gasteiger partial charge in [-0.2, -0.15) is 0 Å². The number of aromatic hydroxyl groups is 1. The molecule has 0 bridgehead atoms. The van der Waals surface area contributed by atoms with Crippen molar-refractivity contribution in [3.63, 3.8) is 0 Å². The molecule has 1 aromatic heterocycles. The second-order valence-corrected chi connectivity index (χ2v) is 5.48. The first-order valence-corrected chi connectivity index (χ1v) is 7.07. The van der Waals surface area contributed by atoms with Gasteiger partial charge in [-0.3, -0.25) is 4.98 Å². The number of nitrogens with one attached hydrogen (secondary N) is 1. The van der Waals surface area contributed by atoms with Crippen molar-refractivity contribution < 1.29 is 5.11 Å².